The fourth-order valence-electron chi connectivity index (χ4n) is 4.32. The second kappa shape index (κ2) is 7.83. The molecule has 0 unspecified atom stereocenters. The molecule has 0 spiro atoms. The number of carbonyl (C=O) groups is 1. The number of likely N-dealkylation sites (tertiary alicyclic amines) is 1. The van der Waals surface area contributed by atoms with Gasteiger partial charge in [0.2, 0.25) is 0 Å². The van der Waals surface area contributed by atoms with Crippen molar-refractivity contribution in [1.29, 1.82) is 0 Å². The topological polar surface area (TPSA) is 53.8 Å². The lowest BCUT2D eigenvalue weighted by molar-refractivity contribution is -0.900. The largest absolute Gasteiger partial charge is 0.385 e. The zero-order valence-corrected chi connectivity index (χ0v) is 15.1. The van der Waals surface area contributed by atoms with E-state index in [0.29, 0.717) is 50.0 Å². The Kier molecular flexibility index (Phi) is 5.74. The van der Waals surface area contributed by atoms with Crippen molar-refractivity contribution in [2.45, 2.75) is 57.1 Å². The molecule has 0 radical (unpaired) electrons. The molecule has 1 heterocycles. The van der Waals surface area contributed by atoms with E-state index >= 15 is 0 Å². The highest BCUT2D eigenvalue weighted by Gasteiger charge is 2.38. The summed E-state index contributed by atoms with van der Waals surface area (Å²) in [6.45, 7) is 4.01. The Bertz CT molecular complexity index is 599. The van der Waals surface area contributed by atoms with Gasteiger partial charge in [0.1, 0.15) is 11.4 Å². The minimum absolute atomic E-state index is 0.102. The number of rotatable bonds is 4. The van der Waals surface area contributed by atoms with E-state index < -0.39 is 5.60 Å². The number of nitrogens with one attached hydrogen (secondary N) is 2. The minimum Gasteiger partial charge on any atom is -0.385 e. The van der Waals surface area contributed by atoms with Crippen molar-refractivity contribution in [3.8, 4) is 0 Å². The van der Waals surface area contributed by atoms with Crippen LogP contribution in [0.5, 0.6) is 0 Å². The monoisotopic (exact) mass is 349 g/mol. The lowest BCUT2D eigenvalue weighted by Gasteiger charge is -2.36. The first-order valence-electron chi connectivity index (χ1n) is 9.58. The van der Waals surface area contributed by atoms with E-state index in [1.165, 1.54) is 30.2 Å². The molecule has 5 heteroatoms. The van der Waals surface area contributed by atoms with Crippen molar-refractivity contribution in [2.24, 2.45) is 5.92 Å². The van der Waals surface area contributed by atoms with E-state index in [-0.39, 0.29) is 11.7 Å². The first-order chi connectivity index (χ1) is 12.0. The van der Waals surface area contributed by atoms with E-state index in [1.54, 1.807) is 18.2 Å². The van der Waals surface area contributed by atoms with Crippen LogP contribution in [0.2, 0.25) is 0 Å². The van der Waals surface area contributed by atoms with Gasteiger partial charge >= 0.3 is 0 Å². The van der Waals surface area contributed by atoms with Gasteiger partial charge in [-0.05, 0) is 24.8 Å². The Balaban J connectivity index is 1.50. The molecule has 1 aromatic carbocycles. The Morgan fingerprint density at radius 3 is 2.64 bits per heavy atom. The lowest BCUT2D eigenvalue weighted by atomic mass is 9.84. The van der Waals surface area contributed by atoms with Gasteiger partial charge in [-0.15, -0.1) is 0 Å². The smallest absolute Gasteiger partial charge is 0.275 e. The molecule has 1 amide bonds. The number of halogens is 1. The molecule has 25 heavy (non-hydrogen) atoms. The van der Waals surface area contributed by atoms with E-state index in [0.717, 1.165) is 6.42 Å². The lowest BCUT2D eigenvalue weighted by Crippen LogP contribution is -3.14. The van der Waals surface area contributed by atoms with Crippen LogP contribution in [0.25, 0.3) is 0 Å². The maximum Gasteiger partial charge on any atom is 0.275 e. The Labute approximate surface area is 149 Å². The highest BCUT2D eigenvalue weighted by molar-refractivity contribution is 5.77. The van der Waals surface area contributed by atoms with E-state index in [4.69, 9.17) is 0 Å². The van der Waals surface area contributed by atoms with Gasteiger partial charge in [-0.2, -0.15) is 0 Å². The van der Waals surface area contributed by atoms with Gasteiger partial charge in [0.25, 0.3) is 5.91 Å². The summed E-state index contributed by atoms with van der Waals surface area (Å²) in [6.07, 6.45) is 5.69. The number of quaternary nitrogens is 1. The third-order valence-corrected chi connectivity index (χ3v) is 6.03. The summed E-state index contributed by atoms with van der Waals surface area (Å²) in [4.78, 5) is 13.5. The third kappa shape index (κ3) is 4.39. The summed E-state index contributed by atoms with van der Waals surface area (Å²) in [5, 5.41) is 14.0. The molecule has 3 N–H and O–H groups in total. The molecule has 2 fully saturated rings. The van der Waals surface area contributed by atoms with Gasteiger partial charge in [-0.25, -0.2) is 4.39 Å². The molecule has 4 nitrogen and oxygen atoms in total. The number of hydrogen-bond donors (Lipinski definition) is 3. The summed E-state index contributed by atoms with van der Waals surface area (Å²) in [7, 11) is 0. The van der Waals surface area contributed by atoms with Gasteiger partial charge in [-0.3, -0.25) is 4.79 Å². The van der Waals surface area contributed by atoms with E-state index in [9.17, 15) is 14.3 Å². The first-order valence-corrected chi connectivity index (χ1v) is 9.58. The van der Waals surface area contributed by atoms with Crippen LogP contribution in [-0.2, 0) is 10.4 Å². The van der Waals surface area contributed by atoms with Crippen molar-refractivity contribution in [3.63, 3.8) is 0 Å². The van der Waals surface area contributed by atoms with Crippen LogP contribution < -0.4 is 10.2 Å². The van der Waals surface area contributed by atoms with E-state index in [2.05, 4.69) is 12.2 Å². The number of amides is 1. The predicted molar refractivity (Wildman–Crippen MR) is 94.7 cm³/mol. The average Bonchev–Trinajstić information content (AvgIpc) is 2.59. The van der Waals surface area contributed by atoms with Crippen molar-refractivity contribution < 1.29 is 19.2 Å². The molecule has 1 saturated carbocycles. The molecule has 1 aliphatic carbocycles. The van der Waals surface area contributed by atoms with Crippen LogP contribution in [0, 0.1) is 11.7 Å². The number of carbonyl (C=O) groups excluding carboxylic acids is 1. The number of hydrogen-bond acceptors (Lipinski definition) is 2. The molecule has 0 aromatic heterocycles. The van der Waals surface area contributed by atoms with Gasteiger partial charge in [0, 0.05) is 24.4 Å². The molecule has 1 aromatic rings. The quantitative estimate of drug-likeness (QED) is 0.769. The van der Waals surface area contributed by atoms with Crippen LogP contribution in [0.15, 0.2) is 24.3 Å². The fourth-order valence-corrected chi connectivity index (χ4v) is 4.32. The van der Waals surface area contributed by atoms with E-state index in [1.807, 2.05) is 0 Å². The van der Waals surface area contributed by atoms with Crippen molar-refractivity contribution in [1.82, 2.24) is 5.32 Å². The van der Waals surface area contributed by atoms with Gasteiger partial charge in [0.15, 0.2) is 6.54 Å². The van der Waals surface area contributed by atoms with Crippen molar-refractivity contribution >= 4 is 5.91 Å². The Morgan fingerprint density at radius 1 is 1.28 bits per heavy atom. The van der Waals surface area contributed by atoms with Crippen molar-refractivity contribution in [3.05, 3.63) is 35.6 Å². The molecule has 1 aliphatic heterocycles. The van der Waals surface area contributed by atoms with Crippen LogP contribution in [0.1, 0.15) is 51.0 Å². The summed E-state index contributed by atoms with van der Waals surface area (Å²) in [6, 6.07) is 6.76. The normalized spacial score (nSPS) is 33.0. The number of benzene rings is 1. The molecule has 0 bridgehead atoms. The fraction of sp³-hybridized carbons (Fsp3) is 0.650. The van der Waals surface area contributed by atoms with Gasteiger partial charge in [-0.1, -0.05) is 38.0 Å². The number of piperidine rings is 1. The van der Waals surface area contributed by atoms with Gasteiger partial charge in [0.05, 0.1) is 13.1 Å². The Morgan fingerprint density at radius 2 is 1.96 bits per heavy atom. The Hall–Kier alpha value is -1.46. The van der Waals surface area contributed by atoms with Crippen LogP contribution >= 0.6 is 0 Å². The maximum atomic E-state index is 14.0. The standard InChI is InChI=1S/C20H29FN2O2/c1-15-6-2-5-9-18(15)22-19(24)14-23-12-10-20(25,11-13-23)16-7-3-4-8-17(16)21/h3-4,7-8,15,18,25H,2,5-6,9-14H2,1H3,(H,22,24)/p+1/t15-,18+/m1/s1. The van der Waals surface area contributed by atoms with Crippen molar-refractivity contribution in [2.75, 3.05) is 19.6 Å². The molecular weight excluding hydrogens is 319 g/mol. The molecular formula is C20H30FN2O2+. The highest BCUT2D eigenvalue weighted by Crippen LogP contribution is 2.31. The number of aliphatic hydroxyl groups is 1. The summed E-state index contributed by atoms with van der Waals surface area (Å²) >= 11 is 0. The summed E-state index contributed by atoms with van der Waals surface area (Å²) < 4.78 is 14.0. The van der Waals surface area contributed by atoms with Crippen LogP contribution in [0.4, 0.5) is 4.39 Å². The average molecular weight is 349 g/mol. The van der Waals surface area contributed by atoms with Crippen LogP contribution in [0.3, 0.4) is 0 Å². The first kappa shape index (κ1) is 18.3. The second-order valence-electron chi connectivity index (χ2n) is 7.87. The second-order valence-corrected chi connectivity index (χ2v) is 7.87. The highest BCUT2D eigenvalue weighted by atomic mass is 19.1. The molecule has 3 rings (SSSR count). The molecule has 1 saturated heterocycles. The van der Waals surface area contributed by atoms with Crippen LogP contribution in [-0.4, -0.2) is 36.7 Å². The molecule has 2 atom stereocenters. The minimum atomic E-state index is -1.11. The molecule has 2 aliphatic rings. The zero-order valence-electron chi connectivity index (χ0n) is 15.1. The predicted octanol–water partition coefficient (Wildman–Crippen LogP) is 1.39. The summed E-state index contributed by atoms with van der Waals surface area (Å²) in [5.74, 6) is 0.308. The SMILES string of the molecule is C[C@@H]1CCCC[C@@H]1NC(=O)C[NH+]1CCC(O)(c2ccccc2F)CC1. The maximum absolute atomic E-state index is 14.0. The summed E-state index contributed by atoms with van der Waals surface area (Å²) in [5.41, 5.74) is -0.724. The van der Waals surface area contributed by atoms with Gasteiger partial charge < -0.3 is 15.3 Å². The zero-order chi connectivity index (χ0) is 17.9. The third-order valence-electron chi connectivity index (χ3n) is 6.03. The molecule has 138 valence electrons.